The Balaban J connectivity index is 1.84. The van der Waals surface area contributed by atoms with Gasteiger partial charge in [-0.2, -0.15) is 0 Å². The molecule has 33 heavy (non-hydrogen) atoms. The third-order valence-corrected chi connectivity index (χ3v) is 6.71. The van der Waals surface area contributed by atoms with Crippen molar-refractivity contribution in [3.63, 3.8) is 0 Å². The molecule has 2 aliphatic heterocycles. The molecule has 5 heteroatoms. The van der Waals surface area contributed by atoms with Crippen LogP contribution in [-0.4, -0.2) is 45.6 Å². The molecule has 2 N–H and O–H groups in total. The first-order valence-electron chi connectivity index (χ1n) is 11.9. The van der Waals surface area contributed by atoms with Crippen molar-refractivity contribution in [1.29, 1.82) is 0 Å². The Labute approximate surface area is 196 Å². The van der Waals surface area contributed by atoms with E-state index in [9.17, 15) is 0 Å². The number of aromatic amines is 2. The van der Waals surface area contributed by atoms with Crippen LogP contribution in [0.5, 0.6) is 0 Å². The van der Waals surface area contributed by atoms with Gasteiger partial charge in [0.15, 0.2) is 0 Å². The standard InChI is InChI=1S/C28H36N5/c1-27(2)15-22-11-19-8-9-20(29-19)13-25-28(3,4)16-23(32-25)12-24-18(17-33(5,6)7)10-21(30-24)14-26(27)31-22/h8-14,29-30H,15-17H2,1-7H3/q+1. The van der Waals surface area contributed by atoms with Crippen LogP contribution in [0, 0.1) is 0 Å². The average molecular weight is 443 g/mol. The molecule has 3 aromatic heterocycles. The van der Waals surface area contributed by atoms with Crippen LogP contribution < -0.4 is 0 Å². The van der Waals surface area contributed by atoms with Gasteiger partial charge in [0.2, 0.25) is 0 Å². The third-order valence-electron chi connectivity index (χ3n) is 6.71. The number of fused-ring (bicyclic) bond motifs is 8. The summed E-state index contributed by atoms with van der Waals surface area (Å²) in [5.41, 5.74) is 10.2. The number of nitrogens with zero attached hydrogens (tertiary/aromatic N) is 3. The Hall–Kier alpha value is -2.92. The van der Waals surface area contributed by atoms with Gasteiger partial charge < -0.3 is 14.5 Å². The fourth-order valence-corrected chi connectivity index (χ4v) is 5.02. The Morgan fingerprint density at radius 2 is 1.27 bits per heavy atom. The number of rotatable bonds is 2. The fraction of sp³-hybridized carbons (Fsp3) is 0.429. The molecule has 172 valence electrons. The molecule has 0 aliphatic carbocycles. The summed E-state index contributed by atoms with van der Waals surface area (Å²) in [4.78, 5) is 17.3. The number of quaternary nitrogens is 1. The lowest BCUT2D eigenvalue weighted by Crippen LogP contribution is -2.33. The SMILES string of the molecule is CC1(C)Cc2cc3[nH]c(cc4nc(cc5ccc(cc1n2)[nH]5)CC4(C)C)cc3C[N+](C)(C)C. The van der Waals surface area contributed by atoms with Crippen molar-refractivity contribution in [3.8, 4) is 0 Å². The maximum absolute atomic E-state index is 5.07. The van der Waals surface area contributed by atoms with Gasteiger partial charge in [-0.1, -0.05) is 27.7 Å². The molecule has 5 heterocycles. The number of aromatic nitrogens is 4. The Bertz CT molecular complexity index is 1380. The van der Waals surface area contributed by atoms with E-state index in [0.717, 1.165) is 68.7 Å². The first-order valence-corrected chi connectivity index (χ1v) is 11.9. The van der Waals surface area contributed by atoms with Gasteiger partial charge in [0.1, 0.15) is 6.54 Å². The molecule has 0 aromatic carbocycles. The van der Waals surface area contributed by atoms with Crippen LogP contribution in [0.15, 0.2) is 42.5 Å². The first kappa shape index (κ1) is 21.9. The molecule has 5 nitrogen and oxygen atoms in total. The molecular weight excluding hydrogens is 406 g/mol. The maximum atomic E-state index is 5.07. The second kappa shape index (κ2) is 7.29. The average Bonchev–Trinajstić information content (AvgIpc) is 3.37. The summed E-state index contributed by atoms with van der Waals surface area (Å²) in [5.74, 6) is 0. The van der Waals surface area contributed by atoms with Crippen LogP contribution in [0.4, 0.5) is 0 Å². The summed E-state index contributed by atoms with van der Waals surface area (Å²) in [5, 5.41) is 0. The van der Waals surface area contributed by atoms with Crippen LogP contribution in [0.3, 0.4) is 0 Å². The Morgan fingerprint density at radius 1 is 0.727 bits per heavy atom. The lowest BCUT2D eigenvalue weighted by Gasteiger charge is -2.23. The predicted molar refractivity (Wildman–Crippen MR) is 136 cm³/mol. The zero-order valence-corrected chi connectivity index (χ0v) is 21.0. The van der Waals surface area contributed by atoms with Gasteiger partial charge in [0.25, 0.3) is 0 Å². The van der Waals surface area contributed by atoms with E-state index in [1.54, 1.807) is 0 Å². The minimum Gasteiger partial charge on any atom is -0.355 e. The van der Waals surface area contributed by atoms with Gasteiger partial charge in [-0.15, -0.1) is 0 Å². The van der Waals surface area contributed by atoms with E-state index in [1.807, 2.05) is 0 Å². The molecule has 0 saturated carbocycles. The Morgan fingerprint density at radius 3 is 1.88 bits per heavy atom. The second-order valence-electron chi connectivity index (χ2n) is 12.2. The summed E-state index contributed by atoms with van der Waals surface area (Å²) in [6.07, 6.45) is 1.86. The van der Waals surface area contributed by atoms with Crippen LogP contribution in [0.1, 0.15) is 56.0 Å². The highest BCUT2D eigenvalue weighted by Gasteiger charge is 2.30. The van der Waals surface area contributed by atoms with Gasteiger partial charge >= 0.3 is 0 Å². The molecule has 0 atom stereocenters. The molecule has 0 fully saturated rings. The van der Waals surface area contributed by atoms with Gasteiger partial charge in [-0.25, -0.2) is 0 Å². The zero-order chi connectivity index (χ0) is 23.6. The second-order valence-corrected chi connectivity index (χ2v) is 12.2. The van der Waals surface area contributed by atoms with E-state index >= 15 is 0 Å². The molecule has 0 unspecified atom stereocenters. The van der Waals surface area contributed by atoms with E-state index in [0.29, 0.717) is 0 Å². The monoisotopic (exact) mass is 442 g/mol. The van der Waals surface area contributed by atoms with Crippen molar-refractivity contribution >= 4 is 22.1 Å². The van der Waals surface area contributed by atoms with Crippen molar-refractivity contribution in [3.05, 3.63) is 70.8 Å². The first-order chi connectivity index (χ1) is 15.4. The largest absolute Gasteiger partial charge is 0.355 e. The lowest BCUT2D eigenvalue weighted by molar-refractivity contribution is -0.883. The highest BCUT2D eigenvalue weighted by atomic mass is 15.3. The summed E-state index contributed by atoms with van der Waals surface area (Å²) < 4.78 is 0.871. The molecule has 2 aliphatic rings. The van der Waals surface area contributed by atoms with Crippen LogP contribution in [0.25, 0.3) is 22.1 Å². The number of hydrogen-bond acceptors (Lipinski definition) is 2. The van der Waals surface area contributed by atoms with E-state index in [-0.39, 0.29) is 10.8 Å². The topological polar surface area (TPSA) is 57.4 Å². The summed E-state index contributed by atoms with van der Waals surface area (Å²) in [7, 11) is 6.70. The van der Waals surface area contributed by atoms with E-state index in [2.05, 4.69) is 101 Å². The lowest BCUT2D eigenvalue weighted by atomic mass is 9.87. The van der Waals surface area contributed by atoms with Crippen molar-refractivity contribution in [2.75, 3.05) is 21.1 Å². The van der Waals surface area contributed by atoms with Gasteiger partial charge in [-0.3, -0.25) is 9.97 Å². The van der Waals surface area contributed by atoms with Crippen molar-refractivity contribution < 1.29 is 4.48 Å². The molecule has 3 aromatic rings. The normalized spacial score (nSPS) is 17.3. The molecular formula is C28H36N5+. The number of H-pyrrole nitrogens is 2. The number of hydrogen-bond donors (Lipinski definition) is 2. The van der Waals surface area contributed by atoms with Gasteiger partial charge in [0, 0.05) is 74.1 Å². The van der Waals surface area contributed by atoms with E-state index < -0.39 is 0 Å². The number of nitrogens with one attached hydrogen (secondary N) is 2. The molecule has 0 saturated heterocycles. The van der Waals surface area contributed by atoms with Crippen LogP contribution in [-0.2, 0) is 30.2 Å². The predicted octanol–water partition coefficient (Wildman–Crippen LogP) is 5.56. The quantitative estimate of drug-likeness (QED) is 0.510. The smallest absolute Gasteiger partial charge is 0.106 e. The molecule has 8 bridgehead atoms. The van der Waals surface area contributed by atoms with E-state index in [4.69, 9.17) is 9.97 Å². The van der Waals surface area contributed by atoms with Crippen molar-refractivity contribution in [1.82, 2.24) is 19.9 Å². The van der Waals surface area contributed by atoms with Gasteiger partial charge in [-0.05, 0) is 42.5 Å². The minimum absolute atomic E-state index is 0.000391. The van der Waals surface area contributed by atoms with Crippen molar-refractivity contribution in [2.24, 2.45) is 0 Å². The molecule has 0 amide bonds. The van der Waals surface area contributed by atoms with Gasteiger partial charge in [0.05, 0.1) is 21.1 Å². The summed E-state index contributed by atoms with van der Waals surface area (Å²) >= 11 is 0. The van der Waals surface area contributed by atoms with Crippen LogP contribution >= 0.6 is 0 Å². The summed E-state index contributed by atoms with van der Waals surface area (Å²) in [6.45, 7) is 10.1. The summed E-state index contributed by atoms with van der Waals surface area (Å²) in [6, 6.07) is 15.4. The van der Waals surface area contributed by atoms with E-state index in [1.165, 1.54) is 5.56 Å². The Kier molecular flexibility index (Phi) is 4.84. The molecule has 0 spiro atoms. The minimum atomic E-state index is -0.000391. The maximum Gasteiger partial charge on any atom is 0.106 e. The fourth-order valence-electron chi connectivity index (χ4n) is 5.02. The third kappa shape index (κ3) is 4.47. The van der Waals surface area contributed by atoms with Crippen LogP contribution in [0.2, 0.25) is 0 Å². The van der Waals surface area contributed by atoms with Crippen molar-refractivity contribution in [2.45, 2.75) is 57.9 Å². The molecule has 5 rings (SSSR count). The highest BCUT2D eigenvalue weighted by Crippen LogP contribution is 2.33. The zero-order valence-electron chi connectivity index (χ0n) is 21.0. The molecule has 0 radical (unpaired) electrons. The highest BCUT2D eigenvalue weighted by molar-refractivity contribution is 5.66.